The molecule has 0 bridgehead atoms. The quantitative estimate of drug-likeness (QED) is 0.159. The second kappa shape index (κ2) is 24.9. The lowest BCUT2D eigenvalue weighted by molar-refractivity contribution is -0.125. The molecule has 4 N–H and O–H groups in total. The lowest BCUT2D eigenvalue weighted by atomic mass is 9.72. The normalized spacial score (nSPS) is 12.5. The largest absolute Gasteiger partial charge is 0.392 e. The fraction of sp³-hybridized carbons (Fsp3) is 0.552. The molecule has 1 aromatic carbocycles. The Labute approximate surface area is 233 Å². The minimum atomic E-state index is -0.293. The molecular formula is C29H48N4O6. The Hall–Kier alpha value is -3.37. The fourth-order valence-corrected chi connectivity index (χ4v) is 3.07. The molecule has 0 unspecified atom stereocenters. The van der Waals surface area contributed by atoms with Crippen molar-refractivity contribution in [3.63, 3.8) is 0 Å². The Morgan fingerprint density at radius 2 is 1.69 bits per heavy atom. The minimum absolute atomic E-state index is 0.0269. The highest BCUT2D eigenvalue weighted by Gasteiger charge is 2.30. The smallest absolute Gasteiger partial charge is 0.246 e. The van der Waals surface area contributed by atoms with E-state index >= 15 is 0 Å². The van der Waals surface area contributed by atoms with Crippen LogP contribution < -0.4 is 16.0 Å². The van der Waals surface area contributed by atoms with Gasteiger partial charge in [-0.25, -0.2) is 0 Å². The first-order chi connectivity index (χ1) is 18.7. The van der Waals surface area contributed by atoms with Crippen molar-refractivity contribution in [3.8, 4) is 0 Å². The summed E-state index contributed by atoms with van der Waals surface area (Å²) in [5.74, 6) is -0.408. The van der Waals surface area contributed by atoms with Gasteiger partial charge in [-0.15, -0.1) is 0 Å². The minimum Gasteiger partial charge on any atom is -0.392 e. The molecule has 220 valence electrons. The molecule has 10 nitrogen and oxygen atoms in total. The molecule has 0 radical (unpaired) electrons. The summed E-state index contributed by atoms with van der Waals surface area (Å²) < 4.78 is 0. The summed E-state index contributed by atoms with van der Waals surface area (Å²) in [6.45, 7) is 7.70. The summed E-state index contributed by atoms with van der Waals surface area (Å²) in [6.07, 6.45) is 11.4. The third-order valence-corrected chi connectivity index (χ3v) is 5.66. The molecule has 2 rings (SSSR count). The average Bonchev–Trinajstić information content (AvgIpc) is 2.95. The molecule has 1 saturated carbocycles. The molecular weight excluding hydrogens is 500 g/mol. The van der Waals surface area contributed by atoms with Crippen LogP contribution >= 0.6 is 0 Å². The number of aldehydes is 2. The number of allylic oxidation sites excluding steroid dienone is 1. The zero-order valence-corrected chi connectivity index (χ0v) is 24.2. The van der Waals surface area contributed by atoms with Gasteiger partial charge < -0.3 is 30.8 Å². The number of rotatable bonds is 14. The van der Waals surface area contributed by atoms with Gasteiger partial charge in [-0.1, -0.05) is 45.7 Å². The van der Waals surface area contributed by atoms with Gasteiger partial charge in [-0.3, -0.25) is 19.2 Å². The van der Waals surface area contributed by atoms with E-state index in [4.69, 9.17) is 5.11 Å². The van der Waals surface area contributed by atoms with Crippen LogP contribution in [-0.2, 0) is 30.6 Å². The SMILES string of the molecule is CC.CC1(C=O)CCC1.CNCCCCCN(C)C(=O)/C=C\C=O.O=CNCC(=O)Nc1ccc(CO)cc1. The molecule has 0 heterocycles. The standard InChI is InChI=1S/C11H20N2O2.C10H12N2O3.C6H10O.C2H6/c1-12-8-4-3-5-9-13(2)11(15)7-6-10-14;13-6-8-1-3-9(4-2-8)12-10(15)5-11-7-14;1-6(5-7)3-2-4-6;1-2/h6-7,10,12H,3-5,8-9H2,1-2H3;1-4,7,13H,5-6H2,(H,11,14)(H,12,15);5H,2-4H2,1H3;1-2H3/b7-6-;;;. The number of benzene rings is 1. The van der Waals surface area contributed by atoms with E-state index in [-0.39, 0.29) is 30.4 Å². The predicted molar refractivity (Wildman–Crippen MR) is 155 cm³/mol. The van der Waals surface area contributed by atoms with Crippen LogP contribution in [0.3, 0.4) is 0 Å². The third-order valence-electron chi connectivity index (χ3n) is 5.66. The maximum Gasteiger partial charge on any atom is 0.246 e. The molecule has 0 aromatic heterocycles. The van der Waals surface area contributed by atoms with Crippen LogP contribution in [0, 0.1) is 5.41 Å². The first kappa shape index (κ1) is 37.8. The number of unbranched alkanes of at least 4 members (excludes halogenated alkanes) is 2. The van der Waals surface area contributed by atoms with Gasteiger partial charge in [0, 0.05) is 30.8 Å². The number of nitrogens with zero attached hydrogens (tertiary/aromatic N) is 1. The molecule has 1 aliphatic carbocycles. The number of carbonyl (C=O) groups excluding carboxylic acids is 5. The molecule has 1 aromatic rings. The molecule has 0 aliphatic heterocycles. The second-order valence-electron chi connectivity index (χ2n) is 8.95. The van der Waals surface area contributed by atoms with Crippen LogP contribution in [0.2, 0.25) is 0 Å². The van der Waals surface area contributed by atoms with Gasteiger partial charge in [0.25, 0.3) is 0 Å². The van der Waals surface area contributed by atoms with Gasteiger partial charge in [0.15, 0.2) is 0 Å². The number of hydrogen-bond donors (Lipinski definition) is 4. The van der Waals surface area contributed by atoms with Crippen LogP contribution in [0.15, 0.2) is 36.4 Å². The lowest BCUT2D eigenvalue weighted by Gasteiger charge is -2.31. The van der Waals surface area contributed by atoms with Gasteiger partial charge in [0.05, 0.1) is 13.2 Å². The van der Waals surface area contributed by atoms with Crippen LogP contribution in [0.5, 0.6) is 0 Å². The van der Waals surface area contributed by atoms with E-state index < -0.39 is 0 Å². The lowest BCUT2D eigenvalue weighted by Crippen LogP contribution is -2.26. The summed E-state index contributed by atoms with van der Waals surface area (Å²) in [5, 5.41) is 16.7. The van der Waals surface area contributed by atoms with E-state index in [1.807, 2.05) is 27.8 Å². The van der Waals surface area contributed by atoms with E-state index in [1.54, 1.807) is 36.2 Å². The van der Waals surface area contributed by atoms with Crippen LogP contribution in [0.4, 0.5) is 5.69 Å². The Balaban J connectivity index is 0. The Bertz CT molecular complexity index is 839. The summed E-state index contributed by atoms with van der Waals surface area (Å²) in [4.78, 5) is 54.1. The molecule has 10 heteroatoms. The van der Waals surface area contributed by atoms with E-state index in [0.717, 1.165) is 57.0 Å². The highest BCUT2D eigenvalue weighted by molar-refractivity contribution is 5.93. The van der Waals surface area contributed by atoms with Crippen molar-refractivity contribution in [2.24, 2.45) is 5.41 Å². The molecule has 39 heavy (non-hydrogen) atoms. The second-order valence-corrected chi connectivity index (χ2v) is 8.95. The predicted octanol–water partition coefficient (Wildman–Crippen LogP) is 2.85. The van der Waals surface area contributed by atoms with Gasteiger partial charge in [0.1, 0.15) is 12.6 Å². The van der Waals surface area contributed by atoms with E-state index in [1.165, 1.54) is 18.6 Å². The fourth-order valence-electron chi connectivity index (χ4n) is 3.07. The Morgan fingerprint density at radius 1 is 1.05 bits per heavy atom. The number of hydrogen-bond acceptors (Lipinski definition) is 7. The number of carbonyl (C=O) groups is 5. The zero-order valence-electron chi connectivity index (χ0n) is 24.2. The van der Waals surface area contributed by atoms with Crippen LogP contribution in [0.1, 0.15) is 64.9 Å². The summed E-state index contributed by atoms with van der Waals surface area (Å²) >= 11 is 0. The van der Waals surface area contributed by atoms with Crippen molar-refractivity contribution in [2.75, 3.05) is 39.0 Å². The molecule has 1 aliphatic rings. The van der Waals surface area contributed by atoms with Crippen molar-refractivity contribution in [1.29, 1.82) is 0 Å². The highest BCUT2D eigenvalue weighted by atomic mass is 16.3. The van der Waals surface area contributed by atoms with Crippen molar-refractivity contribution in [1.82, 2.24) is 15.5 Å². The first-order valence-corrected chi connectivity index (χ1v) is 13.4. The number of anilines is 1. The molecule has 0 atom stereocenters. The van der Waals surface area contributed by atoms with Crippen LogP contribution in [-0.4, -0.2) is 74.5 Å². The average molecular weight is 549 g/mol. The van der Waals surface area contributed by atoms with Crippen molar-refractivity contribution < 1.29 is 29.1 Å². The maximum absolute atomic E-state index is 11.3. The number of likely N-dealkylation sites (N-methyl/N-ethyl adjacent to an activating group) is 1. The molecule has 1 fully saturated rings. The molecule has 0 spiro atoms. The summed E-state index contributed by atoms with van der Waals surface area (Å²) in [6, 6.07) is 6.79. The summed E-state index contributed by atoms with van der Waals surface area (Å²) in [5.41, 5.74) is 1.49. The monoisotopic (exact) mass is 548 g/mol. The van der Waals surface area contributed by atoms with Crippen molar-refractivity contribution in [3.05, 3.63) is 42.0 Å². The van der Waals surface area contributed by atoms with Gasteiger partial charge in [-0.05, 0) is 63.0 Å². The van der Waals surface area contributed by atoms with E-state index in [0.29, 0.717) is 18.4 Å². The van der Waals surface area contributed by atoms with Gasteiger partial charge in [-0.2, -0.15) is 0 Å². The number of amides is 3. The number of aliphatic hydroxyl groups excluding tert-OH is 1. The van der Waals surface area contributed by atoms with Crippen molar-refractivity contribution in [2.45, 2.75) is 65.9 Å². The number of nitrogens with one attached hydrogen (secondary N) is 3. The molecule has 3 amide bonds. The maximum atomic E-state index is 11.3. The van der Waals surface area contributed by atoms with Gasteiger partial charge in [0.2, 0.25) is 18.2 Å². The van der Waals surface area contributed by atoms with Crippen LogP contribution in [0.25, 0.3) is 0 Å². The number of aliphatic hydroxyl groups is 1. The van der Waals surface area contributed by atoms with E-state index in [2.05, 4.69) is 16.0 Å². The third kappa shape index (κ3) is 20.3. The Kier molecular flexibility index (Phi) is 24.2. The van der Waals surface area contributed by atoms with Gasteiger partial charge >= 0.3 is 0 Å². The topological polar surface area (TPSA) is 145 Å². The highest BCUT2D eigenvalue weighted by Crippen LogP contribution is 2.37. The summed E-state index contributed by atoms with van der Waals surface area (Å²) in [7, 11) is 3.68. The van der Waals surface area contributed by atoms with Crippen molar-refractivity contribution >= 4 is 36.5 Å². The van der Waals surface area contributed by atoms with E-state index in [9.17, 15) is 24.0 Å². The Morgan fingerprint density at radius 3 is 2.13 bits per heavy atom. The molecule has 0 saturated heterocycles. The zero-order chi connectivity index (χ0) is 29.9. The first-order valence-electron chi connectivity index (χ1n) is 13.4.